The number of carbonyl (C=O) groups excluding carboxylic acids is 1. The van der Waals surface area contributed by atoms with Crippen molar-refractivity contribution >= 4 is 17.9 Å². The number of hydrogen-bond acceptors (Lipinski definition) is 6. The van der Waals surface area contributed by atoms with Crippen LogP contribution < -0.4 is 5.43 Å². The molecule has 2 aromatic heterocycles. The summed E-state index contributed by atoms with van der Waals surface area (Å²) in [5, 5.41) is 22.2. The molecule has 0 bridgehead atoms. The van der Waals surface area contributed by atoms with Crippen molar-refractivity contribution in [2.75, 3.05) is 0 Å². The zero-order valence-electron chi connectivity index (χ0n) is 14.2. The molecule has 0 aromatic carbocycles. The molecule has 0 saturated heterocycles. The van der Waals surface area contributed by atoms with Gasteiger partial charge in [0.25, 0.3) is 0 Å². The SMILES string of the molecule is Cc1nn(C)c(F)c1C=NNC(=O)C(C)Cn1nc([N+](=O)[O-])cc1C. The fourth-order valence-corrected chi connectivity index (χ4v) is 2.17. The maximum Gasteiger partial charge on any atom is 0.390 e. The number of nitrogens with one attached hydrogen (secondary N) is 1. The molecule has 0 saturated carbocycles. The second-order valence-electron chi connectivity index (χ2n) is 5.63. The van der Waals surface area contributed by atoms with E-state index < -0.39 is 22.7 Å². The van der Waals surface area contributed by atoms with Crippen LogP contribution in [0, 0.1) is 35.8 Å². The van der Waals surface area contributed by atoms with E-state index in [-0.39, 0.29) is 17.9 Å². The fourth-order valence-electron chi connectivity index (χ4n) is 2.17. The molecule has 1 N–H and O–H groups in total. The number of amides is 1. The van der Waals surface area contributed by atoms with Gasteiger partial charge in [0.2, 0.25) is 11.9 Å². The number of aromatic nitrogens is 4. The van der Waals surface area contributed by atoms with Gasteiger partial charge in [-0.2, -0.15) is 19.3 Å². The summed E-state index contributed by atoms with van der Waals surface area (Å²) in [6.07, 6.45) is 1.19. The first-order chi connectivity index (χ1) is 11.7. The Balaban J connectivity index is 1.98. The Hall–Kier alpha value is -3.11. The average Bonchev–Trinajstić information content (AvgIpc) is 3.01. The lowest BCUT2D eigenvalue weighted by atomic mass is 10.2. The van der Waals surface area contributed by atoms with Crippen molar-refractivity contribution in [1.82, 2.24) is 25.0 Å². The Kier molecular flexibility index (Phi) is 5.25. The zero-order valence-corrected chi connectivity index (χ0v) is 14.2. The van der Waals surface area contributed by atoms with Crippen LogP contribution in [0.15, 0.2) is 11.2 Å². The number of halogens is 1. The van der Waals surface area contributed by atoms with E-state index in [1.807, 2.05) is 0 Å². The van der Waals surface area contributed by atoms with E-state index in [2.05, 4.69) is 20.7 Å². The van der Waals surface area contributed by atoms with Gasteiger partial charge in [-0.15, -0.1) is 0 Å². The molecule has 0 radical (unpaired) electrons. The third-order valence-corrected chi connectivity index (χ3v) is 3.61. The van der Waals surface area contributed by atoms with Gasteiger partial charge < -0.3 is 10.1 Å². The summed E-state index contributed by atoms with van der Waals surface area (Å²) in [4.78, 5) is 22.2. The lowest BCUT2D eigenvalue weighted by Crippen LogP contribution is -2.28. The smallest absolute Gasteiger partial charge is 0.358 e. The molecule has 0 fully saturated rings. The molecule has 134 valence electrons. The highest BCUT2D eigenvalue weighted by Crippen LogP contribution is 2.13. The van der Waals surface area contributed by atoms with Crippen LogP contribution in [0.1, 0.15) is 23.9 Å². The van der Waals surface area contributed by atoms with Crippen LogP contribution in [-0.2, 0) is 18.4 Å². The van der Waals surface area contributed by atoms with Crippen LogP contribution in [0.3, 0.4) is 0 Å². The van der Waals surface area contributed by atoms with E-state index in [0.717, 1.165) is 4.68 Å². The van der Waals surface area contributed by atoms with Gasteiger partial charge in [0, 0.05) is 7.05 Å². The van der Waals surface area contributed by atoms with Crippen molar-refractivity contribution in [2.24, 2.45) is 18.1 Å². The van der Waals surface area contributed by atoms with Gasteiger partial charge in [0.15, 0.2) is 0 Å². The first-order valence-electron chi connectivity index (χ1n) is 7.41. The first-order valence-corrected chi connectivity index (χ1v) is 7.41. The molecule has 1 amide bonds. The van der Waals surface area contributed by atoms with Crippen LogP contribution in [0.25, 0.3) is 0 Å². The normalized spacial score (nSPS) is 12.5. The highest BCUT2D eigenvalue weighted by molar-refractivity contribution is 5.84. The predicted molar refractivity (Wildman–Crippen MR) is 86.4 cm³/mol. The molecule has 0 aliphatic rings. The summed E-state index contributed by atoms with van der Waals surface area (Å²) >= 11 is 0. The third kappa shape index (κ3) is 4.05. The first kappa shape index (κ1) is 18.2. The van der Waals surface area contributed by atoms with Gasteiger partial charge in [0.1, 0.15) is 0 Å². The van der Waals surface area contributed by atoms with Crippen molar-refractivity contribution in [1.29, 1.82) is 0 Å². The summed E-state index contributed by atoms with van der Waals surface area (Å²) in [5.74, 6) is -1.79. The summed E-state index contributed by atoms with van der Waals surface area (Å²) in [7, 11) is 1.46. The predicted octanol–water partition coefficient (Wildman–Crippen LogP) is 1.07. The largest absolute Gasteiger partial charge is 0.390 e. The molecule has 0 aliphatic carbocycles. The van der Waals surface area contributed by atoms with E-state index in [0.29, 0.717) is 11.4 Å². The molecule has 11 heteroatoms. The number of hydrazone groups is 1. The van der Waals surface area contributed by atoms with E-state index in [1.54, 1.807) is 20.8 Å². The van der Waals surface area contributed by atoms with Crippen LogP contribution in [0.5, 0.6) is 0 Å². The van der Waals surface area contributed by atoms with E-state index in [4.69, 9.17) is 0 Å². The van der Waals surface area contributed by atoms with Gasteiger partial charge in [-0.25, -0.2) is 10.1 Å². The molecular formula is C14H18FN7O3. The Morgan fingerprint density at radius 3 is 2.72 bits per heavy atom. The second kappa shape index (κ2) is 7.20. The maximum absolute atomic E-state index is 13.7. The lowest BCUT2D eigenvalue weighted by molar-refractivity contribution is -0.389. The van der Waals surface area contributed by atoms with Crippen LogP contribution >= 0.6 is 0 Å². The van der Waals surface area contributed by atoms with E-state index in [1.165, 1.54) is 24.0 Å². The number of carbonyl (C=O) groups is 1. The highest BCUT2D eigenvalue weighted by atomic mass is 19.1. The highest BCUT2D eigenvalue weighted by Gasteiger charge is 2.20. The van der Waals surface area contributed by atoms with Crippen molar-refractivity contribution in [2.45, 2.75) is 27.3 Å². The summed E-state index contributed by atoms with van der Waals surface area (Å²) < 4.78 is 16.2. The van der Waals surface area contributed by atoms with Gasteiger partial charge in [-0.3, -0.25) is 4.79 Å². The van der Waals surface area contributed by atoms with E-state index >= 15 is 0 Å². The lowest BCUT2D eigenvalue weighted by Gasteiger charge is -2.08. The molecule has 2 heterocycles. The minimum absolute atomic E-state index is 0.154. The zero-order chi connectivity index (χ0) is 18.7. The van der Waals surface area contributed by atoms with Gasteiger partial charge in [-0.05, 0) is 18.8 Å². The van der Waals surface area contributed by atoms with Crippen molar-refractivity contribution < 1.29 is 14.1 Å². The molecule has 10 nitrogen and oxygen atoms in total. The molecule has 0 spiro atoms. The molecule has 1 unspecified atom stereocenters. The van der Waals surface area contributed by atoms with Crippen molar-refractivity contribution in [3.05, 3.63) is 39.1 Å². The number of nitrogens with zero attached hydrogens (tertiary/aromatic N) is 6. The Morgan fingerprint density at radius 2 is 2.20 bits per heavy atom. The number of nitro groups is 1. The monoisotopic (exact) mass is 351 g/mol. The molecule has 2 aromatic rings. The molecule has 2 rings (SSSR count). The topological polar surface area (TPSA) is 120 Å². The fraction of sp³-hybridized carbons (Fsp3) is 0.429. The summed E-state index contributed by atoms with van der Waals surface area (Å²) in [6, 6.07) is 1.33. The number of hydrogen-bond donors (Lipinski definition) is 1. The Morgan fingerprint density at radius 1 is 1.52 bits per heavy atom. The van der Waals surface area contributed by atoms with Crippen molar-refractivity contribution in [3.8, 4) is 0 Å². The van der Waals surface area contributed by atoms with Gasteiger partial charge in [-0.1, -0.05) is 6.92 Å². The average molecular weight is 351 g/mol. The molecule has 1 atom stereocenters. The Bertz CT molecular complexity index is 840. The van der Waals surface area contributed by atoms with Crippen molar-refractivity contribution in [3.63, 3.8) is 0 Å². The van der Waals surface area contributed by atoms with E-state index in [9.17, 15) is 19.3 Å². The molecule has 0 aliphatic heterocycles. The quantitative estimate of drug-likeness (QED) is 0.474. The summed E-state index contributed by atoms with van der Waals surface area (Å²) in [5.41, 5.74) is 3.53. The van der Waals surface area contributed by atoms with Crippen LogP contribution in [0.4, 0.5) is 10.2 Å². The number of aryl methyl sites for hydroxylation is 3. The standard InChI is InChI=1S/C14H18FN7O3/c1-8(7-21-9(2)5-12(19-21)22(24)25)14(23)17-16-6-11-10(3)18-20(4)13(11)15/h5-6,8H,7H2,1-4H3,(H,17,23). The summed E-state index contributed by atoms with van der Waals surface area (Å²) in [6.45, 7) is 5.08. The van der Waals surface area contributed by atoms with Crippen LogP contribution in [0.2, 0.25) is 0 Å². The third-order valence-electron chi connectivity index (χ3n) is 3.61. The van der Waals surface area contributed by atoms with Gasteiger partial charge >= 0.3 is 5.82 Å². The Labute approximate surface area is 142 Å². The van der Waals surface area contributed by atoms with Crippen LogP contribution in [-0.4, -0.2) is 36.6 Å². The minimum atomic E-state index is -0.594. The number of rotatable bonds is 6. The second-order valence-corrected chi connectivity index (χ2v) is 5.63. The van der Waals surface area contributed by atoms with Gasteiger partial charge in [0.05, 0.1) is 46.8 Å². The molecule has 25 heavy (non-hydrogen) atoms. The molecular weight excluding hydrogens is 333 g/mol. The maximum atomic E-state index is 13.7. The minimum Gasteiger partial charge on any atom is -0.358 e.